The molecule has 0 bridgehead atoms. The number of fused-ring (bicyclic) bond motifs is 1. The Labute approximate surface area is 99.0 Å². The third-order valence-electron chi connectivity index (χ3n) is 2.42. The van der Waals surface area contributed by atoms with Crippen molar-refractivity contribution in [2.75, 3.05) is 18.9 Å². The fourth-order valence-electron chi connectivity index (χ4n) is 1.67. The molecule has 0 amide bonds. The quantitative estimate of drug-likeness (QED) is 0.833. The van der Waals surface area contributed by atoms with Gasteiger partial charge in [0.1, 0.15) is 5.52 Å². The number of benzene rings is 1. The minimum absolute atomic E-state index is 0.475. The lowest BCUT2D eigenvalue weighted by Gasteiger charge is -2.06. The van der Waals surface area contributed by atoms with Gasteiger partial charge in [-0.25, -0.2) is 4.98 Å². The summed E-state index contributed by atoms with van der Waals surface area (Å²) in [5.41, 5.74) is 7.54. The van der Waals surface area contributed by atoms with Gasteiger partial charge in [0.15, 0.2) is 0 Å². The van der Waals surface area contributed by atoms with E-state index in [1.165, 1.54) is 0 Å². The predicted molar refractivity (Wildman–Crippen MR) is 65.6 cm³/mol. The average Bonchev–Trinajstić information content (AvgIpc) is 2.58. The van der Waals surface area contributed by atoms with Crippen molar-refractivity contribution in [3.63, 3.8) is 0 Å². The Balaban J connectivity index is 2.36. The molecule has 4 nitrogen and oxygen atoms in total. The molecule has 1 heterocycles. The lowest BCUT2D eigenvalue weighted by molar-refractivity contribution is 0.140. The van der Waals surface area contributed by atoms with Crippen LogP contribution in [0.15, 0.2) is 18.2 Å². The van der Waals surface area contributed by atoms with Crippen LogP contribution in [-0.4, -0.2) is 22.8 Å². The summed E-state index contributed by atoms with van der Waals surface area (Å²) in [5.74, 6) is 0.475. The fraction of sp³-hybridized carbons (Fsp3) is 0.364. The van der Waals surface area contributed by atoms with Crippen molar-refractivity contribution < 1.29 is 4.74 Å². The second-order valence-corrected chi connectivity index (χ2v) is 3.83. The highest BCUT2D eigenvalue weighted by atomic mass is 35.5. The van der Waals surface area contributed by atoms with E-state index in [0.29, 0.717) is 30.7 Å². The maximum absolute atomic E-state index is 6.04. The number of imidazole rings is 1. The molecule has 86 valence electrons. The van der Waals surface area contributed by atoms with Gasteiger partial charge in [-0.1, -0.05) is 17.7 Å². The zero-order chi connectivity index (χ0) is 11.5. The highest BCUT2D eigenvalue weighted by Crippen LogP contribution is 2.24. The van der Waals surface area contributed by atoms with Gasteiger partial charge < -0.3 is 15.0 Å². The normalized spacial score (nSPS) is 11.1. The molecule has 16 heavy (non-hydrogen) atoms. The van der Waals surface area contributed by atoms with Crippen molar-refractivity contribution in [1.29, 1.82) is 0 Å². The van der Waals surface area contributed by atoms with Crippen LogP contribution >= 0.6 is 11.6 Å². The number of nitrogen functional groups attached to an aromatic ring is 1. The Kier molecular flexibility index (Phi) is 3.31. The highest BCUT2D eigenvalue weighted by Gasteiger charge is 2.09. The first kappa shape index (κ1) is 11.2. The molecule has 0 unspecified atom stereocenters. The third kappa shape index (κ3) is 1.99. The Bertz CT molecular complexity index is 495. The summed E-state index contributed by atoms with van der Waals surface area (Å²) in [7, 11) is 0. The van der Waals surface area contributed by atoms with Crippen molar-refractivity contribution in [2.24, 2.45) is 0 Å². The Morgan fingerprint density at radius 2 is 2.31 bits per heavy atom. The van der Waals surface area contributed by atoms with E-state index >= 15 is 0 Å². The molecule has 0 aliphatic heterocycles. The van der Waals surface area contributed by atoms with Gasteiger partial charge in [-0.2, -0.15) is 0 Å². The number of para-hydroxylation sites is 1. The van der Waals surface area contributed by atoms with Crippen LogP contribution in [-0.2, 0) is 11.3 Å². The minimum Gasteiger partial charge on any atom is -0.380 e. The minimum atomic E-state index is 0.475. The molecule has 0 saturated carbocycles. The van der Waals surface area contributed by atoms with Crippen molar-refractivity contribution in [3.8, 4) is 0 Å². The van der Waals surface area contributed by atoms with Crippen molar-refractivity contribution >= 4 is 28.6 Å². The molecule has 2 rings (SSSR count). The zero-order valence-corrected chi connectivity index (χ0v) is 9.87. The second kappa shape index (κ2) is 4.72. The number of hydrogen-bond acceptors (Lipinski definition) is 3. The van der Waals surface area contributed by atoms with Crippen LogP contribution in [0.3, 0.4) is 0 Å². The molecule has 0 atom stereocenters. The Hall–Kier alpha value is -1.26. The average molecular weight is 240 g/mol. The summed E-state index contributed by atoms with van der Waals surface area (Å²) in [6, 6.07) is 5.66. The van der Waals surface area contributed by atoms with E-state index in [9.17, 15) is 0 Å². The Morgan fingerprint density at radius 1 is 1.50 bits per heavy atom. The molecule has 1 aromatic heterocycles. The highest BCUT2D eigenvalue weighted by molar-refractivity contribution is 6.35. The number of halogens is 1. The van der Waals surface area contributed by atoms with E-state index in [-0.39, 0.29) is 0 Å². The van der Waals surface area contributed by atoms with Crippen LogP contribution < -0.4 is 5.73 Å². The van der Waals surface area contributed by atoms with E-state index in [0.717, 1.165) is 11.0 Å². The molecule has 1 aromatic carbocycles. The third-order valence-corrected chi connectivity index (χ3v) is 2.73. The first-order valence-corrected chi connectivity index (χ1v) is 5.59. The number of aromatic nitrogens is 2. The summed E-state index contributed by atoms with van der Waals surface area (Å²) < 4.78 is 7.22. The number of nitrogens with two attached hydrogens (primary N) is 1. The van der Waals surface area contributed by atoms with Gasteiger partial charge in [-0.05, 0) is 19.1 Å². The summed E-state index contributed by atoms with van der Waals surface area (Å²) in [6.07, 6.45) is 0. The summed E-state index contributed by atoms with van der Waals surface area (Å²) in [4.78, 5) is 4.24. The molecular formula is C11H14ClN3O. The largest absolute Gasteiger partial charge is 0.380 e. The molecule has 0 fully saturated rings. The van der Waals surface area contributed by atoms with Gasteiger partial charge in [-0.15, -0.1) is 0 Å². The monoisotopic (exact) mass is 239 g/mol. The van der Waals surface area contributed by atoms with Gasteiger partial charge >= 0.3 is 0 Å². The summed E-state index contributed by atoms with van der Waals surface area (Å²) >= 11 is 6.04. The van der Waals surface area contributed by atoms with E-state index in [1.807, 2.05) is 29.7 Å². The molecule has 0 saturated heterocycles. The van der Waals surface area contributed by atoms with Gasteiger partial charge in [0.05, 0.1) is 17.1 Å². The fourth-order valence-corrected chi connectivity index (χ4v) is 1.88. The van der Waals surface area contributed by atoms with E-state index < -0.39 is 0 Å². The van der Waals surface area contributed by atoms with Gasteiger partial charge in [0, 0.05) is 13.2 Å². The van der Waals surface area contributed by atoms with Crippen LogP contribution in [0, 0.1) is 0 Å². The first-order valence-electron chi connectivity index (χ1n) is 5.22. The van der Waals surface area contributed by atoms with Gasteiger partial charge in [0.2, 0.25) is 5.95 Å². The molecule has 5 heteroatoms. The van der Waals surface area contributed by atoms with Crippen molar-refractivity contribution in [1.82, 2.24) is 9.55 Å². The number of nitrogens with zero attached hydrogens (tertiary/aromatic N) is 2. The maximum atomic E-state index is 6.04. The van der Waals surface area contributed by atoms with Gasteiger partial charge in [0.25, 0.3) is 0 Å². The summed E-state index contributed by atoms with van der Waals surface area (Å²) in [6.45, 7) is 3.98. The predicted octanol–water partition coefficient (Wildman–Crippen LogP) is 2.31. The van der Waals surface area contributed by atoms with Crippen LogP contribution in [0.2, 0.25) is 5.02 Å². The molecule has 0 radical (unpaired) electrons. The molecule has 2 aromatic rings. The number of anilines is 1. The lowest BCUT2D eigenvalue weighted by atomic mass is 10.3. The standard InChI is InChI=1S/C11H14ClN3O/c1-2-16-7-6-15-9-5-3-4-8(12)10(9)14-11(15)13/h3-5H,2,6-7H2,1H3,(H2,13,14). The van der Waals surface area contributed by atoms with E-state index in [1.54, 1.807) is 0 Å². The topological polar surface area (TPSA) is 53.1 Å². The van der Waals surface area contributed by atoms with E-state index in [2.05, 4.69) is 4.98 Å². The molecular weight excluding hydrogens is 226 g/mol. The van der Waals surface area contributed by atoms with Crippen LogP contribution in [0.4, 0.5) is 5.95 Å². The number of ether oxygens (including phenoxy) is 1. The number of rotatable bonds is 4. The van der Waals surface area contributed by atoms with E-state index in [4.69, 9.17) is 22.1 Å². The van der Waals surface area contributed by atoms with Crippen molar-refractivity contribution in [2.45, 2.75) is 13.5 Å². The Morgan fingerprint density at radius 3 is 3.06 bits per heavy atom. The molecule has 0 spiro atoms. The SMILES string of the molecule is CCOCCn1c(N)nc2c(Cl)cccc21. The van der Waals surface area contributed by atoms with Crippen molar-refractivity contribution in [3.05, 3.63) is 23.2 Å². The second-order valence-electron chi connectivity index (χ2n) is 3.43. The van der Waals surface area contributed by atoms with Crippen LogP contribution in [0.5, 0.6) is 0 Å². The smallest absolute Gasteiger partial charge is 0.201 e. The molecule has 0 aliphatic rings. The van der Waals surface area contributed by atoms with Crippen LogP contribution in [0.1, 0.15) is 6.92 Å². The lowest BCUT2D eigenvalue weighted by Crippen LogP contribution is -2.08. The van der Waals surface area contributed by atoms with Gasteiger partial charge in [-0.3, -0.25) is 0 Å². The first-order chi connectivity index (χ1) is 7.74. The molecule has 0 aliphatic carbocycles. The summed E-state index contributed by atoms with van der Waals surface area (Å²) in [5, 5.41) is 0.624. The molecule has 2 N–H and O–H groups in total. The van der Waals surface area contributed by atoms with Crippen LogP contribution in [0.25, 0.3) is 11.0 Å². The zero-order valence-electron chi connectivity index (χ0n) is 9.11. The maximum Gasteiger partial charge on any atom is 0.201 e. The number of hydrogen-bond donors (Lipinski definition) is 1.